The van der Waals surface area contributed by atoms with Crippen molar-refractivity contribution < 1.29 is 22.3 Å². The number of ether oxygens (including phenoxy) is 1. The summed E-state index contributed by atoms with van der Waals surface area (Å²) >= 11 is 0. The minimum atomic E-state index is -4.77. The fraction of sp³-hybridized carbons (Fsp3) is 0.312. The molecule has 0 spiro atoms. The highest BCUT2D eigenvalue weighted by molar-refractivity contribution is 5.34. The van der Waals surface area contributed by atoms with Crippen molar-refractivity contribution in [2.75, 3.05) is 0 Å². The number of aromatic nitrogens is 1. The van der Waals surface area contributed by atoms with E-state index in [1.165, 1.54) is 0 Å². The predicted octanol–water partition coefficient (Wildman–Crippen LogP) is 5.33. The monoisotopic (exact) mass is 313 g/mol. The molecule has 0 aliphatic carbocycles. The van der Waals surface area contributed by atoms with E-state index >= 15 is 0 Å². The van der Waals surface area contributed by atoms with Gasteiger partial charge in [0.05, 0.1) is 5.56 Å². The Kier molecular flexibility index (Phi) is 4.13. The van der Waals surface area contributed by atoms with Crippen LogP contribution >= 0.6 is 0 Å². The van der Waals surface area contributed by atoms with Gasteiger partial charge in [-0.3, -0.25) is 0 Å². The highest BCUT2D eigenvalue weighted by atomic mass is 19.4. The molecule has 0 fully saturated rings. The summed E-state index contributed by atoms with van der Waals surface area (Å²) in [7, 11) is 0. The van der Waals surface area contributed by atoms with Crippen LogP contribution < -0.4 is 4.74 Å². The molecule has 0 unspecified atom stereocenters. The molecule has 0 amide bonds. The largest absolute Gasteiger partial charge is 0.439 e. The zero-order valence-electron chi connectivity index (χ0n) is 12.3. The Hall–Kier alpha value is -2.11. The highest BCUT2D eigenvalue weighted by Gasteiger charge is 2.34. The first kappa shape index (κ1) is 16.3. The van der Waals surface area contributed by atoms with Crippen LogP contribution in [0.1, 0.15) is 31.9 Å². The van der Waals surface area contributed by atoms with E-state index in [0.717, 1.165) is 17.7 Å². The standard InChI is InChI=1S/C16H15F4NO/c1-15(2,3)10-4-7-14(21-9-10)22-11-5-6-13(17)12(8-11)16(18,19)20/h4-9H,1-3H3. The fourth-order valence-electron chi connectivity index (χ4n) is 1.79. The van der Waals surface area contributed by atoms with E-state index < -0.39 is 17.6 Å². The average molecular weight is 313 g/mol. The third-order valence-electron chi connectivity index (χ3n) is 3.07. The molecule has 0 saturated carbocycles. The van der Waals surface area contributed by atoms with Crippen LogP contribution in [0.2, 0.25) is 0 Å². The second kappa shape index (κ2) is 5.59. The topological polar surface area (TPSA) is 22.1 Å². The summed E-state index contributed by atoms with van der Waals surface area (Å²) in [5.41, 5.74) is -0.489. The minimum Gasteiger partial charge on any atom is -0.439 e. The van der Waals surface area contributed by atoms with E-state index in [1.54, 1.807) is 18.3 Å². The van der Waals surface area contributed by atoms with Crippen molar-refractivity contribution in [3.05, 3.63) is 53.5 Å². The summed E-state index contributed by atoms with van der Waals surface area (Å²) in [5.74, 6) is -1.31. The highest BCUT2D eigenvalue weighted by Crippen LogP contribution is 2.34. The van der Waals surface area contributed by atoms with E-state index in [2.05, 4.69) is 4.98 Å². The van der Waals surface area contributed by atoms with Gasteiger partial charge in [0.2, 0.25) is 5.88 Å². The van der Waals surface area contributed by atoms with Gasteiger partial charge >= 0.3 is 6.18 Å². The Bertz CT molecular complexity index is 657. The number of halogens is 4. The van der Waals surface area contributed by atoms with E-state index in [4.69, 9.17) is 4.74 Å². The minimum absolute atomic E-state index is 0.0924. The lowest BCUT2D eigenvalue weighted by molar-refractivity contribution is -0.140. The fourth-order valence-corrected chi connectivity index (χ4v) is 1.79. The van der Waals surface area contributed by atoms with Gasteiger partial charge in [-0.2, -0.15) is 13.2 Å². The van der Waals surface area contributed by atoms with Crippen LogP contribution in [0.25, 0.3) is 0 Å². The van der Waals surface area contributed by atoms with Crippen LogP contribution in [-0.2, 0) is 11.6 Å². The number of rotatable bonds is 2. The second-order valence-electron chi connectivity index (χ2n) is 5.88. The Balaban J connectivity index is 2.24. The summed E-state index contributed by atoms with van der Waals surface area (Å²) in [5, 5.41) is 0. The smallest absolute Gasteiger partial charge is 0.419 e. The third-order valence-corrected chi connectivity index (χ3v) is 3.07. The summed E-state index contributed by atoms with van der Waals surface area (Å²) in [4.78, 5) is 4.06. The van der Waals surface area contributed by atoms with Crippen LogP contribution in [0.5, 0.6) is 11.6 Å². The van der Waals surface area contributed by atoms with Crippen molar-refractivity contribution in [3.63, 3.8) is 0 Å². The number of hydrogen-bond donors (Lipinski definition) is 0. The van der Waals surface area contributed by atoms with Gasteiger partial charge in [-0.1, -0.05) is 26.8 Å². The van der Waals surface area contributed by atoms with Crippen LogP contribution in [0, 0.1) is 5.82 Å². The molecular formula is C16H15F4NO. The third kappa shape index (κ3) is 3.75. The first-order valence-corrected chi connectivity index (χ1v) is 6.58. The number of pyridine rings is 1. The summed E-state index contributed by atoms with van der Waals surface area (Å²) < 4.78 is 56.4. The van der Waals surface area contributed by atoms with Gasteiger partial charge in [0.1, 0.15) is 11.6 Å². The molecule has 118 valence electrons. The first-order valence-electron chi connectivity index (χ1n) is 6.58. The van der Waals surface area contributed by atoms with Gasteiger partial charge in [0, 0.05) is 12.3 Å². The maximum absolute atomic E-state index is 13.2. The molecule has 6 heteroatoms. The molecule has 0 aliphatic heterocycles. The van der Waals surface area contributed by atoms with E-state index in [-0.39, 0.29) is 17.0 Å². The molecule has 0 bridgehead atoms. The van der Waals surface area contributed by atoms with E-state index in [1.807, 2.05) is 20.8 Å². The van der Waals surface area contributed by atoms with Crippen molar-refractivity contribution in [2.24, 2.45) is 0 Å². The maximum atomic E-state index is 13.2. The number of hydrogen-bond acceptors (Lipinski definition) is 2. The SMILES string of the molecule is CC(C)(C)c1ccc(Oc2ccc(F)c(C(F)(F)F)c2)nc1. The first-order chi connectivity index (χ1) is 10.1. The normalized spacial score (nSPS) is 12.3. The van der Waals surface area contributed by atoms with Gasteiger partial charge in [0.15, 0.2) is 0 Å². The molecule has 2 aromatic rings. The molecule has 1 heterocycles. The number of benzene rings is 1. The molecular weight excluding hydrogens is 298 g/mol. The van der Waals surface area contributed by atoms with Gasteiger partial charge in [-0.25, -0.2) is 9.37 Å². The molecule has 0 saturated heterocycles. The quantitative estimate of drug-likeness (QED) is 0.699. The maximum Gasteiger partial charge on any atom is 0.419 e. The summed E-state index contributed by atoms with van der Waals surface area (Å²) in [6.07, 6.45) is -3.17. The molecule has 2 rings (SSSR count). The van der Waals surface area contributed by atoms with Crippen LogP contribution in [0.15, 0.2) is 36.5 Å². The van der Waals surface area contributed by atoms with Crippen molar-refractivity contribution >= 4 is 0 Å². The second-order valence-corrected chi connectivity index (χ2v) is 5.88. The molecule has 1 aromatic carbocycles. The predicted molar refractivity (Wildman–Crippen MR) is 74.4 cm³/mol. The van der Waals surface area contributed by atoms with Crippen LogP contribution in [-0.4, -0.2) is 4.98 Å². The Morgan fingerprint density at radius 3 is 2.18 bits per heavy atom. The number of alkyl halides is 3. The van der Waals surface area contributed by atoms with Crippen molar-refractivity contribution in [1.29, 1.82) is 0 Å². The van der Waals surface area contributed by atoms with Gasteiger partial charge in [-0.05, 0) is 29.2 Å². The van der Waals surface area contributed by atoms with Crippen LogP contribution in [0.4, 0.5) is 17.6 Å². The summed E-state index contributed by atoms with van der Waals surface area (Å²) in [6, 6.07) is 5.83. The molecule has 22 heavy (non-hydrogen) atoms. The number of nitrogens with zero attached hydrogens (tertiary/aromatic N) is 1. The van der Waals surface area contributed by atoms with Gasteiger partial charge < -0.3 is 4.74 Å². The lowest BCUT2D eigenvalue weighted by Crippen LogP contribution is -2.11. The van der Waals surface area contributed by atoms with Crippen LogP contribution in [0.3, 0.4) is 0 Å². The molecule has 0 radical (unpaired) electrons. The van der Waals surface area contributed by atoms with Crippen molar-refractivity contribution in [2.45, 2.75) is 32.4 Å². The van der Waals surface area contributed by atoms with E-state index in [0.29, 0.717) is 6.07 Å². The summed E-state index contributed by atoms with van der Waals surface area (Å²) in [6.45, 7) is 6.04. The molecule has 1 aromatic heterocycles. The molecule has 2 nitrogen and oxygen atoms in total. The lowest BCUT2D eigenvalue weighted by atomic mass is 9.88. The Labute approximate surface area is 125 Å². The average Bonchev–Trinajstić information content (AvgIpc) is 2.39. The van der Waals surface area contributed by atoms with E-state index in [9.17, 15) is 17.6 Å². The van der Waals surface area contributed by atoms with Crippen molar-refractivity contribution in [3.8, 4) is 11.6 Å². The van der Waals surface area contributed by atoms with Crippen molar-refractivity contribution in [1.82, 2.24) is 4.98 Å². The lowest BCUT2D eigenvalue weighted by Gasteiger charge is -2.18. The Morgan fingerprint density at radius 2 is 1.68 bits per heavy atom. The van der Waals surface area contributed by atoms with Gasteiger partial charge in [0.25, 0.3) is 0 Å². The zero-order chi connectivity index (χ0) is 16.5. The molecule has 0 atom stereocenters. The van der Waals surface area contributed by atoms with Gasteiger partial charge in [-0.15, -0.1) is 0 Å². The molecule has 0 aliphatic rings. The molecule has 0 N–H and O–H groups in total. The Morgan fingerprint density at radius 1 is 1.00 bits per heavy atom. The zero-order valence-corrected chi connectivity index (χ0v) is 12.3.